The molecule has 0 unspecified atom stereocenters. The molecule has 116 valence electrons. The predicted octanol–water partition coefficient (Wildman–Crippen LogP) is 1.51. The summed E-state index contributed by atoms with van der Waals surface area (Å²) in [4.78, 5) is 25.3. The zero-order valence-corrected chi connectivity index (χ0v) is 12.4. The number of hydrogen-bond acceptors (Lipinski definition) is 4. The van der Waals surface area contributed by atoms with Crippen LogP contribution in [0.2, 0.25) is 0 Å². The quantitative estimate of drug-likeness (QED) is 0.699. The SMILES string of the molecule is COCCCN(CCOC)C(=O)c1ccccc1C(=O)O. The number of carboxylic acid groups (broad SMARTS) is 1. The van der Waals surface area contributed by atoms with Crippen molar-refractivity contribution in [2.24, 2.45) is 0 Å². The van der Waals surface area contributed by atoms with Crippen LogP contribution < -0.4 is 0 Å². The molecule has 0 radical (unpaired) electrons. The first-order valence-corrected chi connectivity index (χ1v) is 6.71. The summed E-state index contributed by atoms with van der Waals surface area (Å²) < 4.78 is 9.98. The molecular weight excluding hydrogens is 274 g/mol. The second-order valence-electron chi connectivity index (χ2n) is 4.48. The Labute approximate surface area is 124 Å². The molecule has 0 heterocycles. The predicted molar refractivity (Wildman–Crippen MR) is 77.7 cm³/mol. The molecule has 0 saturated heterocycles. The van der Waals surface area contributed by atoms with E-state index in [0.717, 1.165) is 0 Å². The maximum Gasteiger partial charge on any atom is 0.336 e. The number of benzene rings is 1. The Balaban J connectivity index is 2.90. The average molecular weight is 295 g/mol. The van der Waals surface area contributed by atoms with Gasteiger partial charge in [-0.15, -0.1) is 0 Å². The van der Waals surface area contributed by atoms with Crippen LogP contribution >= 0.6 is 0 Å². The van der Waals surface area contributed by atoms with Gasteiger partial charge in [0.2, 0.25) is 0 Å². The Morgan fingerprint density at radius 3 is 2.24 bits per heavy atom. The van der Waals surface area contributed by atoms with Crippen molar-refractivity contribution in [3.8, 4) is 0 Å². The van der Waals surface area contributed by atoms with Gasteiger partial charge in [0.05, 0.1) is 17.7 Å². The molecule has 1 rings (SSSR count). The second kappa shape index (κ2) is 9.10. The minimum Gasteiger partial charge on any atom is -0.478 e. The summed E-state index contributed by atoms with van der Waals surface area (Å²) in [6.45, 7) is 1.84. The Hall–Kier alpha value is -1.92. The van der Waals surface area contributed by atoms with Gasteiger partial charge in [-0.25, -0.2) is 4.79 Å². The largest absolute Gasteiger partial charge is 0.478 e. The lowest BCUT2D eigenvalue weighted by molar-refractivity contribution is 0.0643. The van der Waals surface area contributed by atoms with E-state index in [1.165, 1.54) is 12.1 Å². The number of nitrogens with zero attached hydrogens (tertiary/aromatic N) is 1. The maximum absolute atomic E-state index is 12.5. The van der Waals surface area contributed by atoms with Crippen molar-refractivity contribution >= 4 is 11.9 Å². The molecule has 0 aromatic heterocycles. The number of amides is 1. The topological polar surface area (TPSA) is 76.1 Å². The van der Waals surface area contributed by atoms with Gasteiger partial charge in [-0.1, -0.05) is 12.1 Å². The highest BCUT2D eigenvalue weighted by molar-refractivity contribution is 6.04. The highest BCUT2D eigenvalue weighted by atomic mass is 16.5. The molecular formula is C15H21NO5. The lowest BCUT2D eigenvalue weighted by atomic mass is 10.1. The van der Waals surface area contributed by atoms with Crippen molar-refractivity contribution in [3.63, 3.8) is 0 Å². The molecule has 0 fully saturated rings. The van der Waals surface area contributed by atoms with Crippen LogP contribution in [0.1, 0.15) is 27.1 Å². The molecule has 0 saturated carbocycles. The van der Waals surface area contributed by atoms with Crippen molar-refractivity contribution < 1.29 is 24.2 Å². The summed E-state index contributed by atoms with van der Waals surface area (Å²) in [5.41, 5.74) is 0.204. The van der Waals surface area contributed by atoms with E-state index in [1.807, 2.05) is 0 Å². The van der Waals surface area contributed by atoms with E-state index in [4.69, 9.17) is 9.47 Å². The van der Waals surface area contributed by atoms with E-state index in [2.05, 4.69) is 0 Å². The molecule has 1 amide bonds. The molecule has 0 aliphatic carbocycles. The van der Waals surface area contributed by atoms with Gasteiger partial charge in [0.1, 0.15) is 0 Å². The van der Waals surface area contributed by atoms with Crippen LogP contribution in [0.4, 0.5) is 0 Å². The van der Waals surface area contributed by atoms with Gasteiger partial charge in [-0.3, -0.25) is 4.79 Å². The molecule has 0 aliphatic rings. The van der Waals surface area contributed by atoms with Crippen LogP contribution in [0.15, 0.2) is 24.3 Å². The lowest BCUT2D eigenvalue weighted by Gasteiger charge is -2.23. The molecule has 21 heavy (non-hydrogen) atoms. The maximum atomic E-state index is 12.5. The van der Waals surface area contributed by atoms with Gasteiger partial charge in [-0.2, -0.15) is 0 Å². The first kappa shape index (κ1) is 17.1. The zero-order chi connectivity index (χ0) is 15.7. The number of methoxy groups -OCH3 is 2. The fourth-order valence-corrected chi connectivity index (χ4v) is 1.94. The molecule has 1 aromatic carbocycles. The number of hydrogen-bond donors (Lipinski definition) is 1. The molecule has 1 N–H and O–H groups in total. The molecule has 0 bridgehead atoms. The first-order chi connectivity index (χ1) is 10.1. The fraction of sp³-hybridized carbons (Fsp3) is 0.467. The van der Waals surface area contributed by atoms with Crippen molar-refractivity contribution in [2.45, 2.75) is 6.42 Å². The standard InChI is InChI=1S/C15H21NO5/c1-20-10-5-8-16(9-11-21-2)14(17)12-6-3-4-7-13(12)15(18)19/h3-4,6-7H,5,8-11H2,1-2H3,(H,18,19). The Bertz CT molecular complexity index is 475. The molecule has 0 aliphatic heterocycles. The zero-order valence-electron chi connectivity index (χ0n) is 12.4. The molecule has 1 aromatic rings. The van der Waals surface area contributed by atoms with E-state index in [-0.39, 0.29) is 17.0 Å². The molecule has 0 atom stereocenters. The van der Waals surface area contributed by atoms with Gasteiger partial charge in [-0.05, 0) is 18.6 Å². The lowest BCUT2D eigenvalue weighted by Crippen LogP contribution is -2.36. The van der Waals surface area contributed by atoms with Crippen LogP contribution in [0.25, 0.3) is 0 Å². The summed E-state index contributed by atoms with van der Waals surface area (Å²) in [5.74, 6) is -1.41. The highest BCUT2D eigenvalue weighted by Crippen LogP contribution is 2.12. The number of carbonyl (C=O) groups excluding carboxylic acids is 1. The summed E-state index contributed by atoms with van der Waals surface area (Å²) in [6, 6.07) is 6.22. The number of carbonyl (C=O) groups is 2. The van der Waals surface area contributed by atoms with Crippen molar-refractivity contribution in [3.05, 3.63) is 35.4 Å². The number of rotatable bonds is 9. The third-order valence-electron chi connectivity index (χ3n) is 3.02. The third kappa shape index (κ3) is 5.17. The number of carboxylic acids is 1. The minimum atomic E-state index is -1.11. The van der Waals surface area contributed by atoms with Gasteiger partial charge < -0.3 is 19.5 Å². The smallest absolute Gasteiger partial charge is 0.336 e. The van der Waals surface area contributed by atoms with Crippen molar-refractivity contribution in [1.29, 1.82) is 0 Å². The third-order valence-corrected chi connectivity index (χ3v) is 3.02. The van der Waals surface area contributed by atoms with Crippen LogP contribution in [0.3, 0.4) is 0 Å². The van der Waals surface area contributed by atoms with Gasteiger partial charge in [0.25, 0.3) is 5.91 Å². The van der Waals surface area contributed by atoms with Crippen LogP contribution in [0, 0.1) is 0 Å². The normalized spacial score (nSPS) is 10.4. The van der Waals surface area contributed by atoms with E-state index in [0.29, 0.717) is 32.7 Å². The van der Waals surface area contributed by atoms with E-state index >= 15 is 0 Å². The van der Waals surface area contributed by atoms with Crippen molar-refractivity contribution in [1.82, 2.24) is 4.90 Å². The van der Waals surface area contributed by atoms with E-state index < -0.39 is 5.97 Å². The van der Waals surface area contributed by atoms with Gasteiger partial charge >= 0.3 is 5.97 Å². The molecule has 0 spiro atoms. The van der Waals surface area contributed by atoms with Gasteiger partial charge in [0, 0.05) is 33.9 Å². The first-order valence-electron chi connectivity index (χ1n) is 6.71. The fourth-order valence-electron chi connectivity index (χ4n) is 1.94. The number of ether oxygens (including phenoxy) is 2. The van der Waals surface area contributed by atoms with E-state index in [1.54, 1.807) is 31.3 Å². The van der Waals surface area contributed by atoms with Crippen LogP contribution in [-0.4, -0.2) is 62.4 Å². The molecule has 6 heteroatoms. The second-order valence-corrected chi connectivity index (χ2v) is 4.48. The minimum absolute atomic E-state index is 0.0108. The average Bonchev–Trinajstić information content (AvgIpc) is 2.50. The number of aromatic carboxylic acids is 1. The van der Waals surface area contributed by atoms with Crippen LogP contribution in [-0.2, 0) is 9.47 Å². The highest BCUT2D eigenvalue weighted by Gasteiger charge is 2.21. The Morgan fingerprint density at radius 2 is 1.67 bits per heavy atom. The summed E-state index contributed by atoms with van der Waals surface area (Å²) in [6.07, 6.45) is 0.682. The molecule has 6 nitrogen and oxygen atoms in total. The van der Waals surface area contributed by atoms with E-state index in [9.17, 15) is 14.7 Å². The summed E-state index contributed by atoms with van der Waals surface area (Å²) >= 11 is 0. The monoisotopic (exact) mass is 295 g/mol. The summed E-state index contributed by atoms with van der Waals surface area (Å²) in [7, 11) is 3.16. The van der Waals surface area contributed by atoms with Crippen molar-refractivity contribution in [2.75, 3.05) is 40.5 Å². The summed E-state index contributed by atoms with van der Waals surface area (Å²) in [5, 5.41) is 9.17. The van der Waals surface area contributed by atoms with Crippen LogP contribution in [0.5, 0.6) is 0 Å². The Morgan fingerprint density at radius 1 is 1.05 bits per heavy atom. The van der Waals surface area contributed by atoms with Gasteiger partial charge in [0.15, 0.2) is 0 Å². The Kier molecular flexibility index (Phi) is 7.42.